The monoisotopic (exact) mass is 430 g/mol. The van der Waals surface area contributed by atoms with Crippen LogP contribution in [-0.2, 0) is 13.1 Å². The Bertz CT molecular complexity index is 1210. The highest BCUT2D eigenvalue weighted by atomic mass is 16.5. The summed E-state index contributed by atoms with van der Waals surface area (Å²) in [5.41, 5.74) is 3.30. The smallest absolute Gasteiger partial charge is 0.231 e. The van der Waals surface area contributed by atoms with E-state index in [1.54, 1.807) is 38.8 Å². The Balaban J connectivity index is 1.39. The number of aromatic nitrogens is 1. The Kier molecular flexibility index (Phi) is 5.25. The van der Waals surface area contributed by atoms with Gasteiger partial charge in [0.05, 0.1) is 25.3 Å². The van der Waals surface area contributed by atoms with Gasteiger partial charge in [0.15, 0.2) is 17.3 Å². The quantitative estimate of drug-likeness (QED) is 0.565. The predicted octanol–water partition coefficient (Wildman–Crippen LogP) is 4.07. The van der Waals surface area contributed by atoms with Gasteiger partial charge in [0.25, 0.3) is 0 Å². The van der Waals surface area contributed by atoms with Crippen LogP contribution >= 0.6 is 0 Å². The molecule has 0 spiro atoms. The first-order chi connectivity index (χ1) is 15.7. The largest absolute Gasteiger partial charge is 0.493 e. The van der Waals surface area contributed by atoms with Gasteiger partial charge in [-0.1, -0.05) is 12.1 Å². The molecule has 32 heavy (non-hydrogen) atoms. The lowest BCUT2D eigenvalue weighted by molar-refractivity contribution is 0.0872. The van der Waals surface area contributed by atoms with E-state index in [0.29, 0.717) is 48.4 Å². The van der Waals surface area contributed by atoms with E-state index in [1.807, 2.05) is 36.4 Å². The fraction of sp³-hybridized carbons (Fsp3) is 0.200. The van der Waals surface area contributed by atoms with Crippen LogP contribution in [0.15, 0.2) is 60.6 Å². The van der Waals surface area contributed by atoms with Gasteiger partial charge in [-0.15, -0.1) is 0 Å². The van der Waals surface area contributed by atoms with E-state index in [0.717, 1.165) is 22.4 Å². The lowest BCUT2D eigenvalue weighted by Gasteiger charge is -2.29. The number of carbonyl (C=O) groups excluding carboxylic acids is 1. The van der Waals surface area contributed by atoms with Crippen molar-refractivity contribution in [1.29, 1.82) is 0 Å². The molecule has 2 aliphatic rings. The highest BCUT2D eigenvalue weighted by molar-refractivity contribution is 6.15. The minimum absolute atomic E-state index is 0.135. The van der Waals surface area contributed by atoms with Gasteiger partial charge in [0.1, 0.15) is 18.2 Å². The molecular formula is C25H22N2O5. The molecular weight excluding hydrogens is 408 g/mol. The summed E-state index contributed by atoms with van der Waals surface area (Å²) in [6, 6.07) is 13.2. The van der Waals surface area contributed by atoms with E-state index < -0.39 is 0 Å². The summed E-state index contributed by atoms with van der Waals surface area (Å²) in [5.74, 6) is 2.84. The summed E-state index contributed by atoms with van der Waals surface area (Å²) in [4.78, 5) is 19.1. The number of hydrogen-bond acceptors (Lipinski definition) is 7. The normalized spacial score (nSPS) is 16.2. The highest BCUT2D eigenvalue weighted by Crippen LogP contribution is 2.42. The molecule has 0 aliphatic carbocycles. The standard InChI is InChI=1S/C25H22N2O5/c1-29-21-7-5-17(11-22(21)30-2)13-27-14-19-20(31-15-27)8-6-18-24(28)23(32-25(18)19)10-16-4-3-9-26-12-16/h3-12H,13-15H2,1-2H3/b23-10-. The van der Waals surface area contributed by atoms with Crippen LogP contribution in [0.3, 0.4) is 0 Å². The van der Waals surface area contributed by atoms with E-state index in [-0.39, 0.29) is 5.78 Å². The summed E-state index contributed by atoms with van der Waals surface area (Å²) in [6.07, 6.45) is 5.09. The summed E-state index contributed by atoms with van der Waals surface area (Å²) in [6.45, 7) is 1.68. The Morgan fingerprint density at radius 2 is 2.00 bits per heavy atom. The first-order valence-electron chi connectivity index (χ1n) is 10.2. The van der Waals surface area contributed by atoms with Crippen molar-refractivity contribution in [3.63, 3.8) is 0 Å². The molecule has 3 aromatic rings. The van der Waals surface area contributed by atoms with Crippen molar-refractivity contribution < 1.29 is 23.7 Å². The van der Waals surface area contributed by atoms with Crippen molar-refractivity contribution in [2.24, 2.45) is 0 Å². The fourth-order valence-corrected chi connectivity index (χ4v) is 3.96. The van der Waals surface area contributed by atoms with Gasteiger partial charge in [-0.25, -0.2) is 0 Å². The van der Waals surface area contributed by atoms with Gasteiger partial charge in [0.2, 0.25) is 5.78 Å². The van der Waals surface area contributed by atoms with Crippen LogP contribution in [0.1, 0.15) is 27.0 Å². The molecule has 5 rings (SSSR count). The van der Waals surface area contributed by atoms with Crippen molar-refractivity contribution in [3.05, 3.63) is 82.9 Å². The number of ether oxygens (including phenoxy) is 4. The number of fused-ring (bicyclic) bond motifs is 3. The van der Waals surface area contributed by atoms with E-state index in [9.17, 15) is 4.79 Å². The Labute approximate surface area is 185 Å². The second-order valence-corrected chi connectivity index (χ2v) is 7.59. The number of Topliss-reactive ketones (excluding diaryl/α,β-unsaturated/α-hetero) is 1. The Morgan fingerprint density at radius 3 is 2.78 bits per heavy atom. The van der Waals surface area contributed by atoms with Crippen LogP contribution in [0.25, 0.3) is 6.08 Å². The lowest BCUT2D eigenvalue weighted by atomic mass is 10.0. The maximum absolute atomic E-state index is 12.9. The van der Waals surface area contributed by atoms with Gasteiger partial charge in [0, 0.05) is 25.5 Å². The molecule has 0 N–H and O–H groups in total. The fourth-order valence-electron chi connectivity index (χ4n) is 3.96. The molecule has 2 aromatic carbocycles. The number of benzene rings is 2. The molecule has 0 amide bonds. The van der Waals surface area contributed by atoms with Crippen molar-refractivity contribution in [3.8, 4) is 23.0 Å². The minimum atomic E-state index is -0.135. The van der Waals surface area contributed by atoms with E-state index in [4.69, 9.17) is 18.9 Å². The number of pyridine rings is 1. The number of ketones is 1. The summed E-state index contributed by atoms with van der Waals surface area (Å²) in [5, 5.41) is 0. The molecule has 0 unspecified atom stereocenters. The zero-order chi connectivity index (χ0) is 22.1. The first-order valence-corrected chi connectivity index (χ1v) is 10.2. The van der Waals surface area contributed by atoms with Crippen molar-refractivity contribution >= 4 is 11.9 Å². The Morgan fingerprint density at radius 1 is 1.12 bits per heavy atom. The minimum Gasteiger partial charge on any atom is -0.493 e. The molecule has 3 heterocycles. The van der Waals surface area contributed by atoms with Crippen LogP contribution in [-0.4, -0.2) is 36.6 Å². The highest BCUT2D eigenvalue weighted by Gasteiger charge is 2.33. The molecule has 7 nitrogen and oxygen atoms in total. The number of carbonyl (C=O) groups is 1. The third-order valence-electron chi connectivity index (χ3n) is 5.52. The van der Waals surface area contributed by atoms with Crippen LogP contribution in [0, 0.1) is 0 Å². The van der Waals surface area contributed by atoms with E-state index in [2.05, 4.69) is 9.88 Å². The van der Waals surface area contributed by atoms with Crippen LogP contribution < -0.4 is 18.9 Å². The van der Waals surface area contributed by atoms with Crippen molar-refractivity contribution in [2.45, 2.75) is 13.1 Å². The van der Waals surface area contributed by atoms with Gasteiger partial charge in [-0.3, -0.25) is 14.7 Å². The van der Waals surface area contributed by atoms with E-state index >= 15 is 0 Å². The van der Waals surface area contributed by atoms with Gasteiger partial charge < -0.3 is 18.9 Å². The molecule has 0 saturated heterocycles. The second kappa shape index (κ2) is 8.36. The molecule has 0 saturated carbocycles. The van der Waals surface area contributed by atoms with Crippen LogP contribution in [0.2, 0.25) is 0 Å². The zero-order valence-electron chi connectivity index (χ0n) is 17.8. The molecule has 0 fully saturated rings. The molecule has 0 atom stereocenters. The van der Waals surface area contributed by atoms with Crippen LogP contribution in [0.5, 0.6) is 23.0 Å². The third-order valence-corrected chi connectivity index (χ3v) is 5.52. The number of rotatable bonds is 5. The van der Waals surface area contributed by atoms with Crippen LogP contribution in [0.4, 0.5) is 0 Å². The summed E-state index contributed by atoms with van der Waals surface area (Å²) >= 11 is 0. The number of nitrogens with zero attached hydrogens (tertiary/aromatic N) is 2. The Hall–Kier alpha value is -3.84. The maximum Gasteiger partial charge on any atom is 0.231 e. The summed E-state index contributed by atoms with van der Waals surface area (Å²) in [7, 11) is 3.24. The third kappa shape index (κ3) is 3.67. The molecule has 7 heteroatoms. The van der Waals surface area contributed by atoms with Crippen molar-refractivity contribution in [2.75, 3.05) is 21.0 Å². The van der Waals surface area contributed by atoms with Gasteiger partial charge >= 0.3 is 0 Å². The predicted molar refractivity (Wildman–Crippen MR) is 118 cm³/mol. The van der Waals surface area contributed by atoms with Gasteiger partial charge in [-0.2, -0.15) is 0 Å². The van der Waals surface area contributed by atoms with Gasteiger partial charge in [-0.05, 0) is 47.5 Å². The molecule has 0 radical (unpaired) electrons. The second-order valence-electron chi connectivity index (χ2n) is 7.59. The molecule has 0 bridgehead atoms. The number of methoxy groups -OCH3 is 2. The topological polar surface area (TPSA) is 70.1 Å². The summed E-state index contributed by atoms with van der Waals surface area (Å²) < 4.78 is 22.7. The lowest BCUT2D eigenvalue weighted by Crippen LogP contribution is -2.31. The molecule has 1 aromatic heterocycles. The maximum atomic E-state index is 12.9. The van der Waals surface area contributed by atoms with E-state index in [1.165, 1.54) is 0 Å². The zero-order valence-corrected chi connectivity index (χ0v) is 17.8. The first kappa shape index (κ1) is 20.1. The number of allylic oxidation sites excluding steroid dienone is 1. The van der Waals surface area contributed by atoms with Crippen molar-refractivity contribution in [1.82, 2.24) is 9.88 Å². The SMILES string of the molecule is COc1ccc(CN2COc3ccc4c(c3C2)O/C(=C\c2cccnc2)C4=O)cc1OC. The number of hydrogen-bond donors (Lipinski definition) is 0. The molecule has 162 valence electrons. The molecule has 2 aliphatic heterocycles. The average molecular weight is 430 g/mol. The average Bonchev–Trinajstić information content (AvgIpc) is 3.15.